The summed E-state index contributed by atoms with van der Waals surface area (Å²) in [5.74, 6) is 1.06. The van der Waals surface area contributed by atoms with Crippen molar-refractivity contribution in [2.24, 2.45) is 5.92 Å². The second-order valence-corrected chi connectivity index (χ2v) is 5.89. The zero-order valence-electron chi connectivity index (χ0n) is 11.6. The Kier molecular flexibility index (Phi) is 4.56. The second kappa shape index (κ2) is 6.17. The summed E-state index contributed by atoms with van der Waals surface area (Å²) in [6.45, 7) is 5.24. The van der Waals surface area contributed by atoms with Crippen LogP contribution in [0, 0.1) is 5.92 Å². The number of aromatic nitrogens is 2. The molecular weight excluding hydrogens is 224 g/mol. The Hall–Kier alpha value is -1.12. The Morgan fingerprint density at radius 3 is 2.56 bits per heavy atom. The molecule has 0 unspecified atom stereocenters. The standard InChI is InChI=1S/C15H24N2O/c1-12(2)9-17-10-14(11-18)15(16-17)13-7-5-3-4-6-8-13/h10-13H,3-9H2,1-2H3. The van der Waals surface area contributed by atoms with Gasteiger partial charge in [-0.05, 0) is 18.8 Å². The van der Waals surface area contributed by atoms with Crippen molar-refractivity contribution in [2.75, 3.05) is 0 Å². The summed E-state index contributed by atoms with van der Waals surface area (Å²) in [4.78, 5) is 11.2. The fourth-order valence-electron chi connectivity index (χ4n) is 2.88. The molecule has 100 valence electrons. The number of nitrogens with zero attached hydrogens (tertiary/aromatic N) is 2. The lowest BCUT2D eigenvalue weighted by Gasteiger charge is -2.11. The molecule has 3 nitrogen and oxygen atoms in total. The zero-order valence-corrected chi connectivity index (χ0v) is 11.6. The van der Waals surface area contributed by atoms with E-state index in [0.29, 0.717) is 11.8 Å². The van der Waals surface area contributed by atoms with Crippen LogP contribution in [0.3, 0.4) is 0 Å². The highest BCUT2D eigenvalue weighted by atomic mass is 16.1. The third-order valence-corrected chi connectivity index (χ3v) is 3.74. The van der Waals surface area contributed by atoms with E-state index >= 15 is 0 Å². The number of rotatable bonds is 4. The highest BCUT2D eigenvalue weighted by Crippen LogP contribution is 2.32. The van der Waals surface area contributed by atoms with Gasteiger partial charge in [0.25, 0.3) is 0 Å². The van der Waals surface area contributed by atoms with Crippen LogP contribution >= 0.6 is 0 Å². The summed E-state index contributed by atoms with van der Waals surface area (Å²) in [7, 11) is 0. The van der Waals surface area contributed by atoms with Gasteiger partial charge in [0.1, 0.15) is 0 Å². The number of hydrogen-bond acceptors (Lipinski definition) is 2. The minimum Gasteiger partial charge on any atom is -0.298 e. The van der Waals surface area contributed by atoms with Crippen LogP contribution in [0.4, 0.5) is 0 Å². The molecule has 1 aliphatic carbocycles. The Bertz CT molecular complexity index is 387. The second-order valence-electron chi connectivity index (χ2n) is 5.89. The van der Waals surface area contributed by atoms with E-state index in [2.05, 4.69) is 18.9 Å². The average Bonchev–Trinajstić information content (AvgIpc) is 2.57. The lowest BCUT2D eigenvalue weighted by Crippen LogP contribution is -2.07. The summed E-state index contributed by atoms with van der Waals surface area (Å²) in [5.41, 5.74) is 1.86. The third-order valence-electron chi connectivity index (χ3n) is 3.74. The molecule has 1 fully saturated rings. The van der Waals surface area contributed by atoms with Crippen molar-refractivity contribution in [3.8, 4) is 0 Å². The van der Waals surface area contributed by atoms with Crippen LogP contribution in [0.15, 0.2) is 6.20 Å². The van der Waals surface area contributed by atoms with Crippen molar-refractivity contribution in [3.05, 3.63) is 17.5 Å². The Balaban J connectivity index is 2.18. The fraction of sp³-hybridized carbons (Fsp3) is 0.733. The molecule has 0 atom stereocenters. The minimum absolute atomic E-state index is 0.501. The van der Waals surface area contributed by atoms with Crippen molar-refractivity contribution in [2.45, 2.75) is 64.8 Å². The van der Waals surface area contributed by atoms with Crippen LogP contribution in [0.1, 0.15) is 74.3 Å². The molecule has 0 amide bonds. The average molecular weight is 248 g/mol. The lowest BCUT2D eigenvalue weighted by molar-refractivity contribution is 0.112. The van der Waals surface area contributed by atoms with E-state index in [-0.39, 0.29) is 0 Å². The van der Waals surface area contributed by atoms with Crippen LogP contribution in [0.25, 0.3) is 0 Å². The minimum atomic E-state index is 0.501. The molecule has 0 aromatic carbocycles. The van der Waals surface area contributed by atoms with E-state index in [1.165, 1.54) is 38.5 Å². The van der Waals surface area contributed by atoms with Crippen LogP contribution in [-0.4, -0.2) is 16.1 Å². The van der Waals surface area contributed by atoms with E-state index in [1.807, 2.05) is 10.9 Å². The van der Waals surface area contributed by atoms with Gasteiger partial charge >= 0.3 is 0 Å². The van der Waals surface area contributed by atoms with E-state index in [0.717, 1.165) is 24.1 Å². The largest absolute Gasteiger partial charge is 0.298 e. The molecular formula is C15H24N2O. The van der Waals surface area contributed by atoms with Gasteiger partial charge in [-0.2, -0.15) is 5.10 Å². The van der Waals surface area contributed by atoms with Crippen molar-refractivity contribution in [1.29, 1.82) is 0 Å². The van der Waals surface area contributed by atoms with Crippen LogP contribution < -0.4 is 0 Å². The molecule has 1 heterocycles. The lowest BCUT2D eigenvalue weighted by atomic mass is 9.94. The van der Waals surface area contributed by atoms with E-state index in [9.17, 15) is 4.79 Å². The molecule has 1 aromatic heterocycles. The normalized spacial score (nSPS) is 17.9. The summed E-state index contributed by atoms with van der Waals surface area (Å²) >= 11 is 0. The van der Waals surface area contributed by atoms with Gasteiger partial charge in [-0.3, -0.25) is 9.48 Å². The smallest absolute Gasteiger partial charge is 0.153 e. The van der Waals surface area contributed by atoms with Gasteiger partial charge in [-0.15, -0.1) is 0 Å². The Morgan fingerprint density at radius 1 is 1.33 bits per heavy atom. The van der Waals surface area contributed by atoms with Gasteiger partial charge in [0.2, 0.25) is 0 Å². The van der Waals surface area contributed by atoms with Crippen molar-refractivity contribution >= 4 is 6.29 Å². The van der Waals surface area contributed by atoms with E-state index in [4.69, 9.17) is 0 Å². The first kappa shape index (κ1) is 13.3. The molecule has 0 aliphatic heterocycles. The quantitative estimate of drug-likeness (QED) is 0.600. The van der Waals surface area contributed by atoms with Gasteiger partial charge in [0, 0.05) is 18.7 Å². The van der Waals surface area contributed by atoms with Crippen molar-refractivity contribution in [1.82, 2.24) is 9.78 Å². The number of carbonyl (C=O) groups is 1. The first-order valence-electron chi connectivity index (χ1n) is 7.23. The molecule has 1 saturated carbocycles. The summed E-state index contributed by atoms with van der Waals surface area (Å²) in [6.07, 6.45) is 10.5. The predicted octanol–water partition coefficient (Wildman–Crippen LogP) is 3.79. The van der Waals surface area contributed by atoms with E-state index in [1.54, 1.807) is 0 Å². The van der Waals surface area contributed by atoms with Crippen molar-refractivity contribution in [3.63, 3.8) is 0 Å². The summed E-state index contributed by atoms with van der Waals surface area (Å²) < 4.78 is 1.95. The van der Waals surface area contributed by atoms with E-state index < -0.39 is 0 Å². The molecule has 18 heavy (non-hydrogen) atoms. The van der Waals surface area contributed by atoms with Crippen LogP contribution in [0.2, 0.25) is 0 Å². The third kappa shape index (κ3) is 3.21. The summed E-state index contributed by atoms with van der Waals surface area (Å²) in [5, 5.41) is 4.67. The summed E-state index contributed by atoms with van der Waals surface area (Å²) in [6, 6.07) is 0. The maximum absolute atomic E-state index is 11.2. The first-order valence-corrected chi connectivity index (χ1v) is 7.23. The van der Waals surface area contributed by atoms with Gasteiger partial charge in [-0.1, -0.05) is 39.5 Å². The van der Waals surface area contributed by atoms with Crippen molar-refractivity contribution < 1.29 is 4.79 Å². The molecule has 0 saturated heterocycles. The topological polar surface area (TPSA) is 34.9 Å². The monoisotopic (exact) mass is 248 g/mol. The molecule has 3 heteroatoms. The highest BCUT2D eigenvalue weighted by Gasteiger charge is 2.21. The maximum Gasteiger partial charge on any atom is 0.153 e. The Labute approximate surface area is 110 Å². The molecule has 0 N–H and O–H groups in total. The predicted molar refractivity (Wildman–Crippen MR) is 72.9 cm³/mol. The molecule has 1 aliphatic rings. The SMILES string of the molecule is CC(C)Cn1cc(C=O)c(C2CCCCCC2)n1. The number of aldehydes is 1. The molecule has 0 radical (unpaired) electrons. The van der Waals surface area contributed by atoms with Gasteiger partial charge in [0.15, 0.2) is 6.29 Å². The maximum atomic E-state index is 11.2. The zero-order chi connectivity index (χ0) is 13.0. The van der Waals surface area contributed by atoms with Gasteiger partial charge in [0.05, 0.1) is 11.3 Å². The van der Waals surface area contributed by atoms with Crippen LogP contribution in [0.5, 0.6) is 0 Å². The van der Waals surface area contributed by atoms with Gasteiger partial charge in [-0.25, -0.2) is 0 Å². The van der Waals surface area contributed by atoms with Crippen LogP contribution in [-0.2, 0) is 6.54 Å². The molecule has 2 rings (SSSR count). The Morgan fingerprint density at radius 2 is 2.00 bits per heavy atom. The molecule has 0 spiro atoms. The molecule has 1 aromatic rings. The fourth-order valence-corrected chi connectivity index (χ4v) is 2.88. The number of hydrogen-bond donors (Lipinski definition) is 0. The molecule has 0 bridgehead atoms. The first-order chi connectivity index (χ1) is 8.70. The van der Waals surface area contributed by atoms with Gasteiger partial charge < -0.3 is 0 Å². The highest BCUT2D eigenvalue weighted by molar-refractivity contribution is 5.76. The number of carbonyl (C=O) groups excluding carboxylic acids is 1.